The highest BCUT2D eigenvalue weighted by molar-refractivity contribution is 5.99. The van der Waals surface area contributed by atoms with Crippen LogP contribution in [-0.4, -0.2) is 30.5 Å². The molecule has 5 nitrogen and oxygen atoms in total. The number of aryl methyl sites for hydroxylation is 2. The fraction of sp³-hybridized carbons (Fsp3) is 0.600. The monoisotopic (exact) mass is 276 g/mol. The van der Waals surface area contributed by atoms with E-state index in [2.05, 4.69) is 9.88 Å². The van der Waals surface area contributed by atoms with Crippen LogP contribution < -0.4 is 16.4 Å². The minimum absolute atomic E-state index is 0.394. The highest BCUT2D eigenvalue weighted by Gasteiger charge is 2.23. The number of primary amides is 1. The maximum absolute atomic E-state index is 11.7. The van der Waals surface area contributed by atoms with Gasteiger partial charge in [-0.3, -0.25) is 9.78 Å². The standard InChI is InChI=1S/C15H24N4O/c1-10-9-13(14(15(17)20)11(2)18-10)19-7-4-12(3-6-16)5-8-19/h9,12H,3-8,16H2,1-2H3,(H2,17,20). The Balaban J connectivity index is 2.23. The zero-order valence-corrected chi connectivity index (χ0v) is 12.4. The Bertz CT molecular complexity index is 493. The van der Waals surface area contributed by atoms with Gasteiger partial charge < -0.3 is 16.4 Å². The van der Waals surface area contributed by atoms with Crippen molar-refractivity contribution in [3.63, 3.8) is 0 Å². The molecule has 1 aliphatic rings. The van der Waals surface area contributed by atoms with Crippen molar-refractivity contribution in [2.75, 3.05) is 24.5 Å². The third-order valence-corrected chi connectivity index (χ3v) is 4.08. The van der Waals surface area contributed by atoms with Crippen molar-refractivity contribution >= 4 is 11.6 Å². The third kappa shape index (κ3) is 3.10. The summed E-state index contributed by atoms with van der Waals surface area (Å²) in [6, 6.07) is 1.97. The van der Waals surface area contributed by atoms with E-state index in [9.17, 15) is 4.79 Å². The number of nitrogens with zero attached hydrogens (tertiary/aromatic N) is 2. The second kappa shape index (κ2) is 6.22. The zero-order valence-electron chi connectivity index (χ0n) is 12.4. The maximum atomic E-state index is 11.7. The molecule has 110 valence electrons. The fourth-order valence-corrected chi connectivity index (χ4v) is 3.06. The third-order valence-electron chi connectivity index (χ3n) is 4.08. The Morgan fingerprint density at radius 2 is 2.05 bits per heavy atom. The normalized spacial score (nSPS) is 16.4. The van der Waals surface area contributed by atoms with Gasteiger partial charge in [-0.05, 0) is 51.6 Å². The van der Waals surface area contributed by atoms with Gasteiger partial charge in [-0.2, -0.15) is 0 Å². The smallest absolute Gasteiger partial charge is 0.252 e. The van der Waals surface area contributed by atoms with E-state index in [0.717, 1.165) is 56.0 Å². The Morgan fingerprint density at radius 3 is 2.60 bits per heavy atom. The molecule has 1 aromatic heterocycles. The second-order valence-electron chi connectivity index (χ2n) is 5.62. The van der Waals surface area contributed by atoms with Gasteiger partial charge in [0.2, 0.25) is 0 Å². The Hall–Kier alpha value is -1.62. The van der Waals surface area contributed by atoms with Gasteiger partial charge in [-0.15, -0.1) is 0 Å². The number of pyridine rings is 1. The van der Waals surface area contributed by atoms with Gasteiger partial charge in [0, 0.05) is 18.8 Å². The van der Waals surface area contributed by atoms with Crippen LogP contribution in [0.25, 0.3) is 0 Å². The van der Waals surface area contributed by atoms with Crippen LogP contribution in [0.3, 0.4) is 0 Å². The van der Waals surface area contributed by atoms with Crippen molar-refractivity contribution in [1.29, 1.82) is 0 Å². The number of rotatable bonds is 4. The molecule has 0 unspecified atom stereocenters. The zero-order chi connectivity index (χ0) is 14.7. The maximum Gasteiger partial charge on any atom is 0.252 e. The molecule has 0 spiro atoms. The van der Waals surface area contributed by atoms with Gasteiger partial charge in [0.1, 0.15) is 0 Å². The number of hydrogen-bond donors (Lipinski definition) is 2. The number of aromatic nitrogens is 1. The van der Waals surface area contributed by atoms with Crippen molar-refractivity contribution in [2.24, 2.45) is 17.4 Å². The number of carbonyl (C=O) groups is 1. The largest absolute Gasteiger partial charge is 0.371 e. The van der Waals surface area contributed by atoms with Crippen molar-refractivity contribution < 1.29 is 4.79 Å². The second-order valence-corrected chi connectivity index (χ2v) is 5.62. The Kier molecular flexibility index (Phi) is 4.60. The van der Waals surface area contributed by atoms with Crippen LogP contribution >= 0.6 is 0 Å². The van der Waals surface area contributed by atoms with Gasteiger partial charge in [0.05, 0.1) is 16.9 Å². The summed E-state index contributed by atoms with van der Waals surface area (Å²) in [5, 5.41) is 0. The number of hydrogen-bond acceptors (Lipinski definition) is 4. The predicted octanol–water partition coefficient (Wildman–Crippen LogP) is 1.36. The van der Waals surface area contributed by atoms with Crippen LogP contribution in [0, 0.1) is 19.8 Å². The van der Waals surface area contributed by atoms with E-state index >= 15 is 0 Å². The van der Waals surface area contributed by atoms with Crippen molar-refractivity contribution in [3.05, 3.63) is 23.0 Å². The lowest BCUT2D eigenvalue weighted by molar-refractivity contribution is 0.0999. The topological polar surface area (TPSA) is 85.2 Å². The van der Waals surface area contributed by atoms with Crippen LogP contribution in [0.2, 0.25) is 0 Å². The van der Waals surface area contributed by atoms with E-state index < -0.39 is 5.91 Å². The number of anilines is 1. The number of carbonyl (C=O) groups excluding carboxylic acids is 1. The van der Waals surface area contributed by atoms with E-state index in [4.69, 9.17) is 11.5 Å². The summed E-state index contributed by atoms with van der Waals surface area (Å²) in [6.45, 7) is 6.45. The summed E-state index contributed by atoms with van der Waals surface area (Å²) in [5.41, 5.74) is 14.3. The Labute approximate surface area is 120 Å². The summed E-state index contributed by atoms with van der Waals surface area (Å²) >= 11 is 0. The number of amides is 1. The van der Waals surface area contributed by atoms with Gasteiger partial charge in [-0.25, -0.2) is 0 Å². The van der Waals surface area contributed by atoms with Crippen molar-refractivity contribution in [1.82, 2.24) is 4.98 Å². The molecule has 0 atom stereocenters. The van der Waals surface area contributed by atoms with E-state index in [1.807, 2.05) is 19.9 Å². The van der Waals surface area contributed by atoms with E-state index in [0.29, 0.717) is 11.5 Å². The highest BCUT2D eigenvalue weighted by Crippen LogP contribution is 2.29. The molecule has 0 aliphatic carbocycles. The van der Waals surface area contributed by atoms with Crippen molar-refractivity contribution in [2.45, 2.75) is 33.1 Å². The highest BCUT2D eigenvalue weighted by atomic mass is 16.1. The van der Waals surface area contributed by atoms with Gasteiger partial charge in [-0.1, -0.05) is 0 Å². The van der Waals surface area contributed by atoms with Crippen LogP contribution in [0.15, 0.2) is 6.07 Å². The van der Waals surface area contributed by atoms with E-state index in [1.54, 1.807) is 0 Å². The number of nitrogens with two attached hydrogens (primary N) is 2. The first-order chi connectivity index (χ1) is 9.52. The molecule has 1 amide bonds. The lowest BCUT2D eigenvalue weighted by Gasteiger charge is -2.34. The summed E-state index contributed by atoms with van der Waals surface area (Å²) in [6.07, 6.45) is 3.33. The summed E-state index contributed by atoms with van der Waals surface area (Å²) < 4.78 is 0. The molecule has 1 aliphatic heterocycles. The van der Waals surface area contributed by atoms with Gasteiger partial charge >= 0.3 is 0 Å². The molecule has 0 bridgehead atoms. The van der Waals surface area contributed by atoms with Crippen LogP contribution in [0.1, 0.15) is 41.0 Å². The first-order valence-electron chi connectivity index (χ1n) is 7.26. The molecule has 0 saturated carbocycles. The predicted molar refractivity (Wildman–Crippen MR) is 80.8 cm³/mol. The molecule has 2 rings (SSSR count). The fourth-order valence-electron chi connectivity index (χ4n) is 3.06. The Morgan fingerprint density at radius 1 is 1.40 bits per heavy atom. The summed E-state index contributed by atoms with van der Waals surface area (Å²) in [7, 11) is 0. The average molecular weight is 276 g/mol. The lowest BCUT2D eigenvalue weighted by Crippen LogP contribution is -2.36. The molecule has 20 heavy (non-hydrogen) atoms. The van der Waals surface area contributed by atoms with Gasteiger partial charge in [0.15, 0.2) is 0 Å². The molecule has 1 fully saturated rings. The minimum Gasteiger partial charge on any atom is -0.371 e. The van der Waals surface area contributed by atoms with Crippen LogP contribution in [0.4, 0.5) is 5.69 Å². The molecular formula is C15H24N4O. The molecule has 4 N–H and O–H groups in total. The quantitative estimate of drug-likeness (QED) is 0.869. The molecule has 0 radical (unpaired) electrons. The van der Waals surface area contributed by atoms with E-state index in [1.165, 1.54) is 0 Å². The average Bonchev–Trinajstić information content (AvgIpc) is 2.38. The lowest BCUT2D eigenvalue weighted by atomic mass is 9.93. The summed E-state index contributed by atoms with van der Waals surface area (Å²) in [4.78, 5) is 18.3. The first-order valence-corrected chi connectivity index (χ1v) is 7.26. The molecule has 2 heterocycles. The number of piperidine rings is 1. The minimum atomic E-state index is -0.394. The molecule has 1 aromatic rings. The SMILES string of the molecule is Cc1cc(N2CCC(CCN)CC2)c(C(N)=O)c(C)n1. The molecule has 5 heteroatoms. The summed E-state index contributed by atoms with van der Waals surface area (Å²) in [5.74, 6) is 0.311. The van der Waals surface area contributed by atoms with E-state index in [-0.39, 0.29) is 0 Å². The molecule has 0 aromatic carbocycles. The molecular weight excluding hydrogens is 252 g/mol. The van der Waals surface area contributed by atoms with Crippen LogP contribution in [-0.2, 0) is 0 Å². The molecule has 1 saturated heterocycles. The first kappa shape index (κ1) is 14.8. The van der Waals surface area contributed by atoms with Crippen LogP contribution in [0.5, 0.6) is 0 Å². The van der Waals surface area contributed by atoms with Crippen molar-refractivity contribution in [3.8, 4) is 0 Å². The van der Waals surface area contributed by atoms with Gasteiger partial charge in [0.25, 0.3) is 5.91 Å².